The van der Waals surface area contributed by atoms with Gasteiger partial charge in [0.25, 0.3) is 0 Å². The van der Waals surface area contributed by atoms with Crippen LogP contribution in [0.5, 0.6) is 0 Å². The molecule has 0 radical (unpaired) electrons. The molecule has 304 valence electrons. The molecule has 0 saturated heterocycles. The summed E-state index contributed by atoms with van der Waals surface area (Å²) in [6.07, 6.45) is 0. The van der Waals surface area contributed by atoms with Gasteiger partial charge in [-0.05, 0) is 32.9 Å². The highest BCUT2D eigenvalue weighted by Gasteiger charge is 2.23. The summed E-state index contributed by atoms with van der Waals surface area (Å²) in [4.78, 5) is 0. The van der Waals surface area contributed by atoms with Gasteiger partial charge in [0.15, 0.2) is 0 Å². The molecule has 0 N–H and O–H groups in total. The van der Waals surface area contributed by atoms with Crippen LogP contribution in [0.25, 0.3) is 0 Å². The van der Waals surface area contributed by atoms with Gasteiger partial charge < -0.3 is 24.0 Å². The SMILES string of the molecule is CC[N+](CC)(CC)c1ccccc1.I.I.I.I.I.I.I.I.I.I.I.I.I.I.I.I.I.I.I.I.I.I.I.I.I.I.I.I.[I-]. The van der Waals surface area contributed by atoms with E-state index in [0.29, 0.717) is 0 Å². The van der Waals surface area contributed by atoms with Crippen molar-refractivity contribution in [2.24, 2.45) is 0 Å². The first-order valence-electron chi connectivity index (χ1n) is 5.20. The van der Waals surface area contributed by atoms with Gasteiger partial charge in [0, 0.05) is 0 Å². The number of benzene rings is 1. The maximum atomic E-state index is 2.26. The molecule has 0 atom stereocenters. The van der Waals surface area contributed by atoms with Crippen molar-refractivity contribution < 1.29 is 24.0 Å². The molecule has 0 aromatic heterocycles. The van der Waals surface area contributed by atoms with Gasteiger partial charge in [-0.2, -0.15) is 0 Å². The zero-order valence-electron chi connectivity index (χ0n) is 20.8. The minimum Gasteiger partial charge on any atom is -1.00 e. The number of hydrogen-bond acceptors (Lipinski definition) is 0. The molecule has 0 spiro atoms. The Labute approximate surface area is 753 Å². The third-order valence-corrected chi connectivity index (χ3v) is 3.12. The molecule has 0 fully saturated rings. The van der Waals surface area contributed by atoms with Gasteiger partial charge in [-0.15, -0.1) is 671 Å². The fourth-order valence-corrected chi connectivity index (χ4v) is 1.96. The van der Waals surface area contributed by atoms with E-state index >= 15 is 0 Å². The first kappa shape index (κ1) is 211. The van der Waals surface area contributed by atoms with Crippen molar-refractivity contribution in [2.45, 2.75) is 20.8 Å². The molecule has 0 saturated carbocycles. The molecule has 1 aromatic carbocycles. The Morgan fingerprint density at radius 1 is 0.310 bits per heavy atom. The molecule has 0 aliphatic carbocycles. The highest BCUT2D eigenvalue weighted by Crippen LogP contribution is 2.21. The second kappa shape index (κ2) is 160. The quantitative estimate of drug-likeness (QED) is 0.208. The van der Waals surface area contributed by atoms with E-state index in [1.165, 1.54) is 25.3 Å². The van der Waals surface area contributed by atoms with Crippen molar-refractivity contribution >= 4 is 677 Å². The number of halogens is 29. The average Bonchev–Trinajstić information content (AvgIpc) is 2.23. The summed E-state index contributed by atoms with van der Waals surface area (Å²) in [6.45, 7) is 10.3. The van der Waals surface area contributed by atoms with Crippen LogP contribution >= 0.6 is 671 Å². The molecule has 1 rings (SSSR count). The molecule has 0 unspecified atom stereocenters. The van der Waals surface area contributed by atoms with Crippen LogP contribution in [-0.4, -0.2) is 19.6 Å². The first-order chi connectivity index (χ1) is 6.29. The van der Waals surface area contributed by atoms with Crippen LogP contribution in [0.2, 0.25) is 0 Å². The van der Waals surface area contributed by atoms with Crippen LogP contribution in [0.1, 0.15) is 20.8 Å². The molecular weight excluding hydrogens is 3840 g/mol. The topological polar surface area (TPSA) is 0 Å². The summed E-state index contributed by atoms with van der Waals surface area (Å²) < 4.78 is 1.10. The van der Waals surface area contributed by atoms with Crippen molar-refractivity contribution in [2.75, 3.05) is 19.6 Å². The molecule has 0 heterocycles. The number of nitrogens with zero attached hydrogens (tertiary/aromatic N) is 1. The highest BCUT2D eigenvalue weighted by atomic mass is 127. The van der Waals surface area contributed by atoms with Crippen LogP contribution in [0, 0.1) is 0 Å². The molecule has 30 heteroatoms. The Kier molecular flexibility index (Phi) is 805. The molecule has 0 bridgehead atoms. The Hall–Kier alpha value is 20.4. The molecule has 1 aromatic rings. The van der Waals surface area contributed by atoms with Crippen LogP contribution in [0.15, 0.2) is 30.3 Å². The fourth-order valence-electron chi connectivity index (χ4n) is 1.96. The monoisotopic (exact) mass is 3890 g/mol. The predicted molar refractivity (Wildman–Crippen MR) is 491 cm³/mol. The molecular formula is C12H48I29N. The zero-order chi connectivity index (χ0) is 9.73. The third kappa shape index (κ3) is 113. The van der Waals surface area contributed by atoms with Crippen molar-refractivity contribution in [3.63, 3.8) is 0 Å². The van der Waals surface area contributed by atoms with E-state index in [0.717, 1.165) is 4.48 Å². The van der Waals surface area contributed by atoms with Crippen molar-refractivity contribution in [1.82, 2.24) is 4.48 Å². The van der Waals surface area contributed by atoms with Gasteiger partial charge in [0.05, 0.1) is 19.6 Å². The predicted octanol–water partition coefficient (Wildman–Crippen LogP) is 17.4. The normalized spacial score (nSPS) is 3.60. The first-order valence-corrected chi connectivity index (χ1v) is 5.20. The fraction of sp³-hybridized carbons (Fsp3) is 0.500. The van der Waals surface area contributed by atoms with E-state index in [1.54, 1.807) is 0 Å². The van der Waals surface area contributed by atoms with E-state index in [2.05, 4.69) is 51.1 Å². The van der Waals surface area contributed by atoms with Gasteiger partial charge in [-0.25, -0.2) is 0 Å². The molecule has 0 aliphatic rings. The van der Waals surface area contributed by atoms with Gasteiger partial charge >= 0.3 is 0 Å². The summed E-state index contributed by atoms with van der Waals surface area (Å²) >= 11 is 0. The molecule has 42 heavy (non-hydrogen) atoms. The lowest BCUT2D eigenvalue weighted by Crippen LogP contribution is -3.00. The molecule has 0 aliphatic heterocycles. The minimum absolute atomic E-state index is 0. The van der Waals surface area contributed by atoms with Crippen molar-refractivity contribution in [3.8, 4) is 0 Å². The van der Waals surface area contributed by atoms with Gasteiger partial charge in [0.2, 0.25) is 0 Å². The Morgan fingerprint density at radius 2 is 0.452 bits per heavy atom. The van der Waals surface area contributed by atoms with Crippen molar-refractivity contribution in [3.05, 3.63) is 30.3 Å². The van der Waals surface area contributed by atoms with Crippen LogP contribution in [0.4, 0.5) is 5.69 Å². The second-order valence-corrected chi connectivity index (χ2v) is 3.43. The Morgan fingerprint density at radius 3 is 0.571 bits per heavy atom. The van der Waals surface area contributed by atoms with Crippen LogP contribution in [-0.2, 0) is 0 Å². The Bertz CT molecular complexity index is 266. The van der Waals surface area contributed by atoms with E-state index in [1.807, 2.05) is 0 Å². The maximum absolute atomic E-state index is 2.26. The lowest BCUT2D eigenvalue weighted by atomic mass is 10.2. The van der Waals surface area contributed by atoms with E-state index < -0.39 is 0 Å². The Balaban J connectivity index is -0.00000000216. The van der Waals surface area contributed by atoms with Crippen LogP contribution < -0.4 is 28.5 Å². The van der Waals surface area contributed by atoms with Gasteiger partial charge in [0.1, 0.15) is 5.69 Å². The third-order valence-electron chi connectivity index (χ3n) is 3.12. The average molecular weight is 3890 g/mol. The largest absolute Gasteiger partial charge is 1.00 e. The number of rotatable bonds is 4. The summed E-state index contributed by atoms with van der Waals surface area (Å²) in [7, 11) is 0. The van der Waals surface area contributed by atoms with Crippen LogP contribution in [0.3, 0.4) is 0 Å². The van der Waals surface area contributed by atoms with E-state index in [9.17, 15) is 0 Å². The van der Waals surface area contributed by atoms with Gasteiger partial charge in [-0.1, -0.05) is 18.2 Å². The minimum atomic E-state index is 0. The van der Waals surface area contributed by atoms with E-state index in [4.69, 9.17) is 0 Å². The lowest BCUT2D eigenvalue weighted by Gasteiger charge is -2.35. The highest BCUT2D eigenvalue weighted by molar-refractivity contribution is 14.0. The van der Waals surface area contributed by atoms with Gasteiger partial charge in [-0.3, -0.25) is 4.48 Å². The summed E-state index contributed by atoms with van der Waals surface area (Å²) in [5.41, 5.74) is 1.44. The summed E-state index contributed by atoms with van der Waals surface area (Å²) in [5, 5.41) is 0. The standard InChI is InChI=1S/C12H20N.29HI/c1-4-13(5-2,6-3)12-10-8-7-9-11-12;;;;;;;;;;;;;;;;;;;;;;;;;;;;;/h7-11H,4-6H2,1-3H3;29*1H/q+1;;;;;;;;;;;;;;;;;;;;;;;;;;;;;/p-1. The zero-order valence-corrected chi connectivity index (χ0v) is 88.2. The number of quaternary nitrogens is 1. The maximum Gasteiger partial charge on any atom is 0.132 e. The van der Waals surface area contributed by atoms with Crippen molar-refractivity contribution in [1.29, 1.82) is 0 Å². The smallest absolute Gasteiger partial charge is 0.132 e. The second-order valence-electron chi connectivity index (χ2n) is 3.43. The molecule has 0 amide bonds. The summed E-state index contributed by atoms with van der Waals surface area (Å²) in [6, 6.07) is 10.8. The number of hydrogen-bond donors (Lipinski definition) is 0. The lowest BCUT2D eigenvalue weighted by molar-refractivity contribution is -0.00000482. The number of para-hydroxylation sites is 1. The summed E-state index contributed by atoms with van der Waals surface area (Å²) in [5.74, 6) is 0. The van der Waals surface area contributed by atoms with E-state index in [-0.39, 0.29) is 695 Å². The molecule has 1 nitrogen and oxygen atoms in total.